The van der Waals surface area contributed by atoms with Gasteiger partial charge in [-0.05, 0) is 37.1 Å². The summed E-state index contributed by atoms with van der Waals surface area (Å²) in [4.78, 5) is 2.37. The molecule has 0 spiro atoms. The minimum absolute atomic E-state index is 0.101. The van der Waals surface area contributed by atoms with Gasteiger partial charge in [0, 0.05) is 12.6 Å². The van der Waals surface area contributed by atoms with Crippen LogP contribution in [0, 0.1) is 11.2 Å². The molecule has 0 radical (unpaired) electrons. The van der Waals surface area contributed by atoms with Crippen LogP contribution in [0.25, 0.3) is 0 Å². The van der Waals surface area contributed by atoms with E-state index in [1.807, 2.05) is 6.07 Å². The Bertz CT molecular complexity index is 442. The lowest BCUT2D eigenvalue weighted by atomic mass is 9.86. The van der Waals surface area contributed by atoms with Crippen molar-refractivity contribution >= 4 is 0 Å². The first-order valence-electron chi connectivity index (χ1n) is 6.91. The quantitative estimate of drug-likeness (QED) is 0.903. The molecule has 2 aliphatic heterocycles. The van der Waals surface area contributed by atoms with E-state index in [-0.39, 0.29) is 23.9 Å². The van der Waals surface area contributed by atoms with E-state index in [0.717, 1.165) is 31.5 Å². The van der Waals surface area contributed by atoms with Crippen LogP contribution < -0.4 is 0 Å². The third kappa shape index (κ3) is 2.53. The normalized spacial score (nSPS) is 26.3. The highest BCUT2D eigenvalue weighted by atomic mass is 19.1. The largest absolute Gasteiger partial charge is 0.396 e. The van der Waals surface area contributed by atoms with Gasteiger partial charge in [0.25, 0.3) is 0 Å². The predicted octanol–water partition coefficient (Wildman–Crippen LogP) is 1.97. The summed E-state index contributed by atoms with van der Waals surface area (Å²) in [5.41, 5.74) is 0.946. The maximum absolute atomic E-state index is 13.4. The van der Waals surface area contributed by atoms with Crippen molar-refractivity contribution in [3.05, 3.63) is 35.6 Å². The number of halogens is 1. The van der Waals surface area contributed by atoms with Crippen molar-refractivity contribution in [3.63, 3.8) is 0 Å². The van der Waals surface area contributed by atoms with E-state index in [9.17, 15) is 9.50 Å². The van der Waals surface area contributed by atoms with E-state index in [4.69, 9.17) is 4.74 Å². The average molecular weight is 265 g/mol. The molecule has 3 rings (SSSR count). The topological polar surface area (TPSA) is 32.7 Å². The number of aliphatic hydroxyl groups excluding tert-OH is 1. The molecule has 19 heavy (non-hydrogen) atoms. The minimum atomic E-state index is -0.173. The zero-order valence-electron chi connectivity index (χ0n) is 11.0. The third-order valence-electron chi connectivity index (χ3n) is 4.29. The molecule has 104 valence electrons. The summed E-state index contributed by atoms with van der Waals surface area (Å²) in [5.74, 6) is -0.173. The van der Waals surface area contributed by atoms with Gasteiger partial charge < -0.3 is 9.84 Å². The number of hydrogen-bond donors (Lipinski definition) is 1. The first-order chi connectivity index (χ1) is 9.22. The Balaban J connectivity index is 1.74. The van der Waals surface area contributed by atoms with E-state index in [1.54, 1.807) is 12.1 Å². The predicted molar refractivity (Wildman–Crippen MR) is 70.3 cm³/mol. The maximum Gasteiger partial charge on any atom is 0.123 e. The van der Waals surface area contributed by atoms with Gasteiger partial charge in [-0.3, -0.25) is 4.90 Å². The molecule has 0 amide bonds. The molecule has 0 aliphatic carbocycles. The number of hydrogen-bond acceptors (Lipinski definition) is 3. The van der Waals surface area contributed by atoms with E-state index < -0.39 is 0 Å². The molecule has 1 aromatic rings. The van der Waals surface area contributed by atoms with E-state index >= 15 is 0 Å². The summed E-state index contributed by atoms with van der Waals surface area (Å²) in [6.07, 6.45) is 2.19. The molecule has 2 saturated heterocycles. The standard InChI is InChI=1S/C15H20FNO2/c16-13-4-1-3-12(7-13)14-5-2-6-17(14)8-15(9-18)10-19-11-15/h1,3-4,7,14,18H,2,5-6,8-11H2. The highest BCUT2D eigenvalue weighted by Crippen LogP contribution is 2.37. The van der Waals surface area contributed by atoms with Gasteiger partial charge in [-0.25, -0.2) is 4.39 Å². The Labute approximate surface area is 113 Å². The molecule has 2 aliphatic rings. The Morgan fingerprint density at radius 2 is 2.26 bits per heavy atom. The molecule has 1 aromatic carbocycles. The number of nitrogens with zero attached hydrogens (tertiary/aromatic N) is 1. The fourth-order valence-corrected chi connectivity index (χ4v) is 3.16. The van der Waals surface area contributed by atoms with Gasteiger partial charge in [-0.15, -0.1) is 0 Å². The summed E-state index contributed by atoms with van der Waals surface area (Å²) in [6, 6.07) is 7.16. The van der Waals surface area contributed by atoms with Gasteiger partial charge in [-0.2, -0.15) is 0 Å². The zero-order valence-corrected chi connectivity index (χ0v) is 11.0. The van der Waals surface area contributed by atoms with Crippen molar-refractivity contribution in [1.82, 2.24) is 4.90 Å². The lowest BCUT2D eigenvalue weighted by Crippen LogP contribution is -2.53. The number of benzene rings is 1. The smallest absolute Gasteiger partial charge is 0.123 e. The Morgan fingerprint density at radius 1 is 1.42 bits per heavy atom. The monoisotopic (exact) mass is 265 g/mol. The van der Waals surface area contributed by atoms with Gasteiger partial charge in [0.1, 0.15) is 5.82 Å². The molecule has 1 unspecified atom stereocenters. The molecule has 1 atom stereocenters. The average Bonchev–Trinajstić information content (AvgIpc) is 2.82. The number of likely N-dealkylation sites (tertiary alicyclic amines) is 1. The van der Waals surface area contributed by atoms with Crippen LogP contribution in [-0.2, 0) is 4.74 Å². The first-order valence-corrected chi connectivity index (χ1v) is 6.91. The van der Waals surface area contributed by atoms with Crippen LogP contribution in [0.1, 0.15) is 24.4 Å². The van der Waals surface area contributed by atoms with Gasteiger partial charge in [0.05, 0.1) is 25.2 Å². The zero-order chi connectivity index (χ0) is 13.3. The lowest BCUT2D eigenvalue weighted by Gasteiger charge is -2.43. The molecule has 0 aromatic heterocycles. The number of aliphatic hydroxyl groups is 1. The van der Waals surface area contributed by atoms with Crippen LogP contribution in [0.5, 0.6) is 0 Å². The van der Waals surface area contributed by atoms with Gasteiger partial charge >= 0.3 is 0 Å². The second-order valence-electron chi connectivity index (χ2n) is 5.83. The molecule has 1 N–H and O–H groups in total. The van der Waals surface area contributed by atoms with E-state index in [1.165, 1.54) is 6.07 Å². The fraction of sp³-hybridized carbons (Fsp3) is 0.600. The summed E-state index contributed by atoms with van der Waals surface area (Å²) >= 11 is 0. The van der Waals surface area contributed by atoms with Crippen LogP contribution in [0.15, 0.2) is 24.3 Å². The van der Waals surface area contributed by atoms with E-state index in [0.29, 0.717) is 13.2 Å². The maximum atomic E-state index is 13.4. The van der Waals surface area contributed by atoms with Crippen molar-refractivity contribution in [3.8, 4) is 0 Å². The molecule has 2 fully saturated rings. The molecule has 0 bridgehead atoms. The van der Waals surface area contributed by atoms with Crippen LogP contribution in [0.3, 0.4) is 0 Å². The highest BCUT2D eigenvalue weighted by Gasteiger charge is 2.42. The lowest BCUT2D eigenvalue weighted by molar-refractivity contribution is -0.149. The van der Waals surface area contributed by atoms with Crippen molar-refractivity contribution in [1.29, 1.82) is 0 Å². The first kappa shape index (κ1) is 13.0. The molecule has 4 heteroatoms. The van der Waals surface area contributed by atoms with Crippen LogP contribution >= 0.6 is 0 Å². The van der Waals surface area contributed by atoms with Crippen LogP contribution in [0.2, 0.25) is 0 Å². The number of ether oxygens (including phenoxy) is 1. The Morgan fingerprint density at radius 3 is 2.89 bits per heavy atom. The highest BCUT2D eigenvalue weighted by molar-refractivity contribution is 5.21. The van der Waals surface area contributed by atoms with Gasteiger partial charge in [0.2, 0.25) is 0 Å². The summed E-state index contributed by atoms with van der Waals surface area (Å²) in [6.45, 7) is 3.29. The van der Waals surface area contributed by atoms with E-state index in [2.05, 4.69) is 4.90 Å². The van der Waals surface area contributed by atoms with Crippen LogP contribution in [0.4, 0.5) is 4.39 Å². The van der Waals surface area contributed by atoms with Crippen LogP contribution in [-0.4, -0.2) is 42.9 Å². The van der Waals surface area contributed by atoms with Crippen molar-refractivity contribution in [2.75, 3.05) is 32.9 Å². The fourth-order valence-electron chi connectivity index (χ4n) is 3.16. The minimum Gasteiger partial charge on any atom is -0.396 e. The molecular weight excluding hydrogens is 245 g/mol. The van der Waals surface area contributed by atoms with Gasteiger partial charge in [0.15, 0.2) is 0 Å². The second-order valence-corrected chi connectivity index (χ2v) is 5.83. The molecule has 3 nitrogen and oxygen atoms in total. The second kappa shape index (κ2) is 5.19. The molecule has 2 heterocycles. The summed E-state index contributed by atoms with van der Waals surface area (Å²) in [7, 11) is 0. The number of rotatable bonds is 4. The molecular formula is C15H20FNO2. The third-order valence-corrected chi connectivity index (χ3v) is 4.29. The Hall–Kier alpha value is -0.970. The summed E-state index contributed by atoms with van der Waals surface area (Å²) in [5, 5.41) is 9.53. The molecule has 0 saturated carbocycles. The van der Waals surface area contributed by atoms with Gasteiger partial charge in [-0.1, -0.05) is 12.1 Å². The van der Waals surface area contributed by atoms with Crippen molar-refractivity contribution < 1.29 is 14.2 Å². The van der Waals surface area contributed by atoms with Crippen molar-refractivity contribution in [2.24, 2.45) is 5.41 Å². The SMILES string of the molecule is OCC1(CN2CCCC2c2cccc(F)c2)COC1. The van der Waals surface area contributed by atoms with Crippen molar-refractivity contribution in [2.45, 2.75) is 18.9 Å². The Kier molecular flexibility index (Phi) is 3.56. The summed E-state index contributed by atoms with van der Waals surface area (Å²) < 4.78 is 18.6.